The first kappa shape index (κ1) is 17.4. The summed E-state index contributed by atoms with van der Waals surface area (Å²) in [5.41, 5.74) is 2.16. The predicted molar refractivity (Wildman–Crippen MR) is 90.2 cm³/mol. The summed E-state index contributed by atoms with van der Waals surface area (Å²) in [6.07, 6.45) is 2.11. The SMILES string of the molecule is COC(C)c1noc(CN(C)C(=O)Cc2ccc3c(c2)CCCO3)n1. The number of hydrogen-bond donors (Lipinski definition) is 0. The number of benzene rings is 1. The van der Waals surface area contributed by atoms with E-state index in [0.717, 1.165) is 30.8 Å². The van der Waals surface area contributed by atoms with Crippen molar-refractivity contribution in [2.75, 3.05) is 20.8 Å². The van der Waals surface area contributed by atoms with Crippen LogP contribution in [-0.4, -0.2) is 41.7 Å². The van der Waals surface area contributed by atoms with E-state index in [2.05, 4.69) is 16.2 Å². The highest BCUT2D eigenvalue weighted by Crippen LogP contribution is 2.25. The molecule has 0 saturated heterocycles. The molecule has 7 nitrogen and oxygen atoms in total. The Bertz CT molecular complexity index is 744. The Morgan fingerprint density at radius 2 is 2.28 bits per heavy atom. The molecule has 0 N–H and O–H groups in total. The number of likely N-dealkylation sites (N-methyl/N-ethyl adjacent to an activating group) is 1. The minimum absolute atomic E-state index is 0.00350. The van der Waals surface area contributed by atoms with Gasteiger partial charge < -0.3 is 18.9 Å². The second-order valence-electron chi connectivity index (χ2n) is 6.24. The maximum atomic E-state index is 12.5. The van der Waals surface area contributed by atoms with Crippen molar-refractivity contribution in [1.82, 2.24) is 15.0 Å². The first-order valence-corrected chi connectivity index (χ1v) is 8.40. The van der Waals surface area contributed by atoms with Gasteiger partial charge in [-0.25, -0.2) is 0 Å². The Labute approximate surface area is 146 Å². The molecule has 2 heterocycles. The van der Waals surface area contributed by atoms with Crippen molar-refractivity contribution >= 4 is 5.91 Å². The molecule has 0 spiro atoms. The zero-order valence-electron chi connectivity index (χ0n) is 14.8. The van der Waals surface area contributed by atoms with Crippen LogP contribution in [0.1, 0.15) is 42.3 Å². The van der Waals surface area contributed by atoms with Gasteiger partial charge in [-0.2, -0.15) is 4.98 Å². The topological polar surface area (TPSA) is 77.7 Å². The van der Waals surface area contributed by atoms with Gasteiger partial charge in [0.1, 0.15) is 11.9 Å². The van der Waals surface area contributed by atoms with Gasteiger partial charge in [-0.05, 0) is 37.0 Å². The number of nitrogens with zero attached hydrogens (tertiary/aromatic N) is 3. The molecule has 134 valence electrons. The average molecular weight is 345 g/mol. The van der Waals surface area contributed by atoms with Gasteiger partial charge in [0.2, 0.25) is 11.8 Å². The summed E-state index contributed by atoms with van der Waals surface area (Å²) in [4.78, 5) is 18.3. The van der Waals surface area contributed by atoms with E-state index >= 15 is 0 Å². The van der Waals surface area contributed by atoms with Gasteiger partial charge in [0.15, 0.2) is 5.82 Å². The van der Waals surface area contributed by atoms with E-state index in [1.54, 1.807) is 19.1 Å². The smallest absolute Gasteiger partial charge is 0.246 e. The van der Waals surface area contributed by atoms with Crippen molar-refractivity contribution in [2.45, 2.75) is 38.8 Å². The summed E-state index contributed by atoms with van der Waals surface area (Å²) in [7, 11) is 3.31. The third-order valence-electron chi connectivity index (χ3n) is 4.33. The van der Waals surface area contributed by atoms with E-state index in [1.807, 2.05) is 19.1 Å². The number of amides is 1. The molecule has 0 saturated carbocycles. The number of aryl methyl sites for hydroxylation is 1. The Morgan fingerprint density at radius 1 is 1.44 bits per heavy atom. The van der Waals surface area contributed by atoms with Crippen molar-refractivity contribution in [1.29, 1.82) is 0 Å². The molecule has 7 heteroatoms. The molecule has 0 bridgehead atoms. The first-order valence-electron chi connectivity index (χ1n) is 8.40. The van der Waals surface area contributed by atoms with Crippen LogP contribution in [0.25, 0.3) is 0 Å². The molecule has 1 aromatic heterocycles. The lowest BCUT2D eigenvalue weighted by molar-refractivity contribution is -0.130. The predicted octanol–water partition coefficient (Wildman–Crippen LogP) is 2.30. The van der Waals surface area contributed by atoms with Crippen molar-refractivity contribution in [2.24, 2.45) is 0 Å². The van der Waals surface area contributed by atoms with Crippen molar-refractivity contribution in [3.63, 3.8) is 0 Å². The fourth-order valence-electron chi connectivity index (χ4n) is 2.73. The lowest BCUT2D eigenvalue weighted by Crippen LogP contribution is -2.28. The lowest BCUT2D eigenvalue weighted by Gasteiger charge is -2.19. The molecule has 0 aliphatic carbocycles. The molecular formula is C18H23N3O4. The number of hydrogen-bond acceptors (Lipinski definition) is 6. The minimum Gasteiger partial charge on any atom is -0.493 e. The largest absolute Gasteiger partial charge is 0.493 e. The van der Waals surface area contributed by atoms with Crippen LogP contribution < -0.4 is 4.74 Å². The second-order valence-corrected chi connectivity index (χ2v) is 6.24. The number of rotatable bonds is 6. The van der Waals surface area contributed by atoms with Gasteiger partial charge in [-0.1, -0.05) is 17.3 Å². The summed E-state index contributed by atoms with van der Waals surface area (Å²) in [6, 6.07) is 5.96. The van der Waals surface area contributed by atoms with Gasteiger partial charge in [0.25, 0.3) is 0 Å². The van der Waals surface area contributed by atoms with Gasteiger partial charge in [-0.15, -0.1) is 0 Å². The molecule has 1 amide bonds. The average Bonchev–Trinajstić information content (AvgIpc) is 3.09. The Morgan fingerprint density at radius 3 is 3.08 bits per heavy atom. The number of ether oxygens (including phenoxy) is 2. The van der Waals surface area contributed by atoms with Crippen LogP contribution in [0.2, 0.25) is 0 Å². The summed E-state index contributed by atoms with van der Waals surface area (Å²) >= 11 is 0. The molecule has 0 fully saturated rings. The third kappa shape index (κ3) is 4.17. The zero-order chi connectivity index (χ0) is 17.8. The van der Waals surface area contributed by atoms with Crippen molar-refractivity contribution in [3.05, 3.63) is 41.0 Å². The van der Waals surface area contributed by atoms with Crippen LogP contribution in [-0.2, 0) is 28.9 Å². The summed E-state index contributed by atoms with van der Waals surface area (Å²) < 4.78 is 15.9. The lowest BCUT2D eigenvalue weighted by atomic mass is 10.0. The summed E-state index contributed by atoms with van der Waals surface area (Å²) in [5, 5.41) is 3.87. The van der Waals surface area contributed by atoms with Crippen molar-refractivity contribution < 1.29 is 18.8 Å². The quantitative estimate of drug-likeness (QED) is 0.799. The van der Waals surface area contributed by atoms with Crippen LogP contribution in [0.3, 0.4) is 0 Å². The van der Waals surface area contributed by atoms with Crippen molar-refractivity contribution in [3.8, 4) is 5.75 Å². The highest BCUT2D eigenvalue weighted by Gasteiger charge is 2.18. The maximum absolute atomic E-state index is 12.5. The zero-order valence-corrected chi connectivity index (χ0v) is 14.8. The van der Waals surface area contributed by atoms with Crippen LogP contribution >= 0.6 is 0 Å². The molecule has 1 atom stereocenters. The Kier molecular flexibility index (Phi) is 5.33. The highest BCUT2D eigenvalue weighted by atomic mass is 16.5. The van der Waals surface area contributed by atoms with Crippen LogP contribution in [0.4, 0.5) is 0 Å². The van der Waals surface area contributed by atoms with Crippen LogP contribution in [0, 0.1) is 0 Å². The Balaban J connectivity index is 1.60. The number of carbonyl (C=O) groups is 1. The monoisotopic (exact) mass is 345 g/mol. The molecule has 1 unspecified atom stereocenters. The number of fused-ring (bicyclic) bond motifs is 1. The van der Waals surface area contributed by atoms with Gasteiger partial charge in [0.05, 0.1) is 19.6 Å². The van der Waals surface area contributed by atoms with Gasteiger partial charge in [-0.3, -0.25) is 4.79 Å². The maximum Gasteiger partial charge on any atom is 0.246 e. The van der Waals surface area contributed by atoms with Gasteiger partial charge in [0, 0.05) is 14.2 Å². The minimum atomic E-state index is -0.240. The fourth-order valence-corrected chi connectivity index (χ4v) is 2.73. The van der Waals surface area contributed by atoms with E-state index < -0.39 is 0 Å². The molecule has 3 rings (SSSR count). The second kappa shape index (κ2) is 7.65. The fraction of sp³-hybridized carbons (Fsp3) is 0.500. The third-order valence-corrected chi connectivity index (χ3v) is 4.33. The van der Waals surface area contributed by atoms with Crippen LogP contribution in [0.5, 0.6) is 5.75 Å². The standard InChI is InChI=1S/C18H23N3O4/c1-12(23-3)18-19-16(25-20-18)11-21(2)17(22)10-13-6-7-15-14(9-13)5-4-8-24-15/h6-7,9,12H,4-5,8,10-11H2,1-3H3. The highest BCUT2D eigenvalue weighted by molar-refractivity contribution is 5.78. The number of aromatic nitrogens is 2. The van der Waals surface area contributed by atoms with E-state index in [0.29, 0.717) is 18.1 Å². The van der Waals surface area contributed by atoms with Gasteiger partial charge >= 0.3 is 0 Å². The van der Waals surface area contributed by atoms with E-state index in [4.69, 9.17) is 14.0 Å². The molecule has 25 heavy (non-hydrogen) atoms. The number of carbonyl (C=O) groups excluding carboxylic acids is 1. The van der Waals surface area contributed by atoms with Crippen LogP contribution in [0.15, 0.2) is 22.7 Å². The van der Waals surface area contributed by atoms with E-state index in [9.17, 15) is 4.79 Å². The molecule has 1 aliphatic heterocycles. The van der Waals surface area contributed by atoms with E-state index in [-0.39, 0.29) is 18.6 Å². The molecule has 0 radical (unpaired) electrons. The molecular weight excluding hydrogens is 322 g/mol. The molecule has 1 aromatic carbocycles. The summed E-state index contributed by atoms with van der Waals surface area (Å²) in [5.74, 6) is 1.80. The molecule has 1 aliphatic rings. The first-order chi connectivity index (χ1) is 12.1. The Hall–Kier alpha value is -2.41. The number of methoxy groups -OCH3 is 1. The van der Waals surface area contributed by atoms with E-state index in [1.165, 1.54) is 5.56 Å². The normalized spacial score (nSPS) is 14.5. The summed E-state index contributed by atoms with van der Waals surface area (Å²) in [6.45, 7) is 2.88. The molecule has 2 aromatic rings.